The van der Waals surface area contributed by atoms with Gasteiger partial charge in [-0.25, -0.2) is 0 Å². The highest BCUT2D eigenvalue weighted by Crippen LogP contribution is 2.28. The van der Waals surface area contributed by atoms with E-state index in [0.717, 1.165) is 23.7 Å². The first-order chi connectivity index (χ1) is 9.81. The van der Waals surface area contributed by atoms with Crippen LogP contribution >= 0.6 is 0 Å². The van der Waals surface area contributed by atoms with Crippen molar-refractivity contribution in [2.75, 3.05) is 12.4 Å². The number of hydrogen-bond donors (Lipinski definition) is 1. The van der Waals surface area contributed by atoms with Gasteiger partial charge in [0.15, 0.2) is 0 Å². The zero-order chi connectivity index (χ0) is 15.6. The first-order valence-electron chi connectivity index (χ1n) is 7.23. The molecule has 0 atom stereocenters. The predicted molar refractivity (Wildman–Crippen MR) is 87.0 cm³/mol. The lowest BCUT2D eigenvalue weighted by molar-refractivity contribution is 0.416. The summed E-state index contributed by atoms with van der Waals surface area (Å²) in [5, 5.41) is 8.05. The Kier molecular flexibility index (Phi) is 4.26. The highest BCUT2D eigenvalue weighted by molar-refractivity contribution is 5.58. The molecular formula is C17H25N3O. The minimum absolute atomic E-state index is 0.0373. The minimum atomic E-state index is 0.0373. The van der Waals surface area contributed by atoms with E-state index in [1.807, 2.05) is 17.8 Å². The molecule has 0 spiro atoms. The van der Waals surface area contributed by atoms with Crippen LogP contribution < -0.4 is 10.1 Å². The average molecular weight is 287 g/mol. The lowest BCUT2D eigenvalue weighted by atomic mass is 9.89. The summed E-state index contributed by atoms with van der Waals surface area (Å²) >= 11 is 0. The molecule has 2 rings (SSSR count). The van der Waals surface area contributed by atoms with Gasteiger partial charge in [-0.3, -0.25) is 4.68 Å². The Morgan fingerprint density at radius 2 is 2.00 bits per heavy atom. The Labute approximate surface area is 127 Å². The van der Waals surface area contributed by atoms with Gasteiger partial charge in [-0.15, -0.1) is 0 Å². The first kappa shape index (κ1) is 15.4. The molecule has 2 aromatic rings. The van der Waals surface area contributed by atoms with Crippen LogP contribution in [-0.4, -0.2) is 16.9 Å². The molecule has 114 valence electrons. The van der Waals surface area contributed by atoms with E-state index in [0.29, 0.717) is 0 Å². The van der Waals surface area contributed by atoms with Crippen molar-refractivity contribution in [1.29, 1.82) is 0 Å². The fraction of sp³-hybridized carbons (Fsp3) is 0.471. The molecule has 0 unspecified atom stereocenters. The molecule has 0 aliphatic carbocycles. The molecule has 0 fully saturated rings. The smallest absolute Gasteiger partial charge is 0.142 e. The van der Waals surface area contributed by atoms with Crippen molar-refractivity contribution in [3.8, 4) is 5.75 Å². The van der Waals surface area contributed by atoms with Crippen LogP contribution in [0.4, 0.5) is 5.69 Å². The van der Waals surface area contributed by atoms with E-state index in [9.17, 15) is 0 Å². The molecular weight excluding hydrogens is 262 g/mol. The van der Waals surface area contributed by atoms with Gasteiger partial charge < -0.3 is 10.1 Å². The van der Waals surface area contributed by atoms with Gasteiger partial charge in [0.1, 0.15) is 5.75 Å². The molecule has 1 N–H and O–H groups in total. The molecule has 4 nitrogen and oxygen atoms in total. The summed E-state index contributed by atoms with van der Waals surface area (Å²) in [5.74, 6) is 0.871. The molecule has 1 heterocycles. The molecule has 0 saturated carbocycles. The zero-order valence-electron chi connectivity index (χ0n) is 13.8. The third-order valence-corrected chi connectivity index (χ3v) is 3.44. The second-order valence-electron chi connectivity index (χ2n) is 6.48. The molecule has 0 aliphatic heterocycles. The maximum atomic E-state index is 5.43. The number of benzene rings is 1. The highest BCUT2D eigenvalue weighted by Gasteiger charge is 2.21. The van der Waals surface area contributed by atoms with Crippen molar-refractivity contribution in [2.45, 2.75) is 39.7 Å². The normalized spacial score (nSPS) is 11.5. The number of aryl methyl sites for hydroxylation is 2. The zero-order valence-corrected chi connectivity index (χ0v) is 13.8. The number of anilines is 1. The highest BCUT2D eigenvalue weighted by atomic mass is 16.5. The van der Waals surface area contributed by atoms with Gasteiger partial charge >= 0.3 is 0 Å². The number of ether oxygens (including phenoxy) is 1. The van der Waals surface area contributed by atoms with Gasteiger partial charge in [-0.1, -0.05) is 26.8 Å². The van der Waals surface area contributed by atoms with Crippen LogP contribution in [-0.2, 0) is 19.0 Å². The van der Waals surface area contributed by atoms with Crippen LogP contribution in [0.1, 0.15) is 37.6 Å². The molecule has 1 aromatic carbocycles. The number of methoxy groups -OCH3 is 1. The van der Waals surface area contributed by atoms with E-state index < -0.39 is 0 Å². The van der Waals surface area contributed by atoms with Crippen LogP contribution in [0, 0.1) is 6.92 Å². The van der Waals surface area contributed by atoms with Crippen molar-refractivity contribution in [1.82, 2.24) is 9.78 Å². The number of aromatic nitrogens is 2. The summed E-state index contributed by atoms with van der Waals surface area (Å²) in [5.41, 5.74) is 4.58. The Bertz CT molecular complexity index is 623. The molecule has 0 bridgehead atoms. The quantitative estimate of drug-likeness (QED) is 0.933. The van der Waals surface area contributed by atoms with Crippen molar-refractivity contribution in [3.63, 3.8) is 0 Å². The first-order valence-corrected chi connectivity index (χ1v) is 7.23. The van der Waals surface area contributed by atoms with Gasteiger partial charge in [0.2, 0.25) is 0 Å². The van der Waals surface area contributed by atoms with E-state index >= 15 is 0 Å². The van der Waals surface area contributed by atoms with E-state index in [-0.39, 0.29) is 5.41 Å². The fourth-order valence-corrected chi connectivity index (χ4v) is 2.43. The Balaban J connectivity index is 2.21. The second kappa shape index (κ2) is 5.80. The maximum absolute atomic E-state index is 5.43. The number of rotatable bonds is 4. The number of hydrogen-bond acceptors (Lipinski definition) is 3. The lowest BCUT2D eigenvalue weighted by Gasteiger charge is -2.18. The average Bonchev–Trinajstić information content (AvgIpc) is 2.78. The van der Waals surface area contributed by atoms with Gasteiger partial charge in [0.05, 0.1) is 18.5 Å². The van der Waals surface area contributed by atoms with E-state index in [2.05, 4.69) is 56.4 Å². The summed E-state index contributed by atoms with van der Waals surface area (Å²) in [7, 11) is 3.66. The third kappa shape index (κ3) is 3.57. The molecule has 4 heteroatoms. The molecule has 0 aliphatic rings. The van der Waals surface area contributed by atoms with Crippen molar-refractivity contribution in [2.24, 2.45) is 7.05 Å². The predicted octanol–water partition coefficient (Wildman–Crippen LogP) is 3.65. The van der Waals surface area contributed by atoms with Gasteiger partial charge in [-0.2, -0.15) is 5.10 Å². The lowest BCUT2D eigenvalue weighted by Crippen LogP contribution is -2.16. The van der Waals surface area contributed by atoms with Crippen molar-refractivity contribution >= 4 is 5.69 Å². The van der Waals surface area contributed by atoms with E-state index in [1.54, 1.807) is 7.11 Å². The SMILES string of the molecule is COc1cc(C)ccc1NCc1cn(C)nc1C(C)(C)C. The van der Waals surface area contributed by atoms with Crippen LogP contribution in [0.5, 0.6) is 5.75 Å². The largest absolute Gasteiger partial charge is 0.495 e. The van der Waals surface area contributed by atoms with Crippen molar-refractivity contribution < 1.29 is 4.74 Å². The van der Waals surface area contributed by atoms with Crippen LogP contribution in [0.15, 0.2) is 24.4 Å². The number of nitrogens with one attached hydrogen (secondary N) is 1. The summed E-state index contributed by atoms with van der Waals surface area (Å²) < 4.78 is 7.31. The fourth-order valence-electron chi connectivity index (χ4n) is 2.43. The Hall–Kier alpha value is -1.97. The Morgan fingerprint density at radius 1 is 1.29 bits per heavy atom. The second-order valence-corrected chi connectivity index (χ2v) is 6.48. The third-order valence-electron chi connectivity index (χ3n) is 3.44. The van der Waals surface area contributed by atoms with Crippen LogP contribution in [0.2, 0.25) is 0 Å². The summed E-state index contributed by atoms with van der Waals surface area (Å²) in [6.07, 6.45) is 2.08. The molecule has 0 amide bonds. The summed E-state index contributed by atoms with van der Waals surface area (Å²) in [6, 6.07) is 6.18. The topological polar surface area (TPSA) is 39.1 Å². The van der Waals surface area contributed by atoms with Crippen LogP contribution in [0.25, 0.3) is 0 Å². The minimum Gasteiger partial charge on any atom is -0.495 e. The van der Waals surface area contributed by atoms with E-state index in [4.69, 9.17) is 4.74 Å². The van der Waals surface area contributed by atoms with E-state index in [1.165, 1.54) is 11.1 Å². The van der Waals surface area contributed by atoms with Gasteiger partial charge in [0.25, 0.3) is 0 Å². The summed E-state index contributed by atoms with van der Waals surface area (Å²) in [4.78, 5) is 0. The molecule has 0 saturated heterocycles. The maximum Gasteiger partial charge on any atom is 0.142 e. The monoisotopic (exact) mass is 287 g/mol. The molecule has 21 heavy (non-hydrogen) atoms. The van der Waals surface area contributed by atoms with Gasteiger partial charge in [0, 0.05) is 30.8 Å². The molecule has 0 radical (unpaired) electrons. The standard InChI is InChI=1S/C17H25N3O/c1-12-7-8-14(15(9-12)21-6)18-10-13-11-20(5)19-16(13)17(2,3)4/h7-9,11,18H,10H2,1-6H3. The van der Waals surface area contributed by atoms with Crippen LogP contribution in [0.3, 0.4) is 0 Å². The van der Waals surface area contributed by atoms with Crippen molar-refractivity contribution in [3.05, 3.63) is 41.2 Å². The Morgan fingerprint density at radius 3 is 2.62 bits per heavy atom. The van der Waals surface area contributed by atoms with Gasteiger partial charge in [-0.05, 0) is 24.6 Å². The number of nitrogens with zero attached hydrogens (tertiary/aromatic N) is 2. The molecule has 1 aromatic heterocycles. The summed E-state index contributed by atoms with van der Waals surface area (Å²) in [6.45, 7) is 9.35.